The molecule has 5 N–H and O–H groups in total. The lowest BCUT2D eigenvalue weighted by molar-refractivity contribution is 0.788. The number of hydrogen-bond acceptors (Lipinski definition) is 6. The molecule has 1 aliphatic heterocycles. The van der Waals surface area contributed by atoms with E-state index in [4.69, 9.17) is 16.1 Å². The molecule has 7 heteroatoms. The summed E-state index contributed by atoms with van der Waals surface area (Å²) >= 11 is 0. The summed E-state index contributed by atoms with van der Waals surface area (Å²) in [6.45, 7) is 2.00. The maximum Gasteiger partial charge on any atom is 0.137 e. The Labute approximate surface area is 151 Å². The van der Waals surface area contributed by atoms with Gasteiger partial charge in [0.15, 0.2) is 0 Å². The van der Waals surface area contributed by atoms with Crippen LogP contribution in [0.3, 0.4) is 0 Å². The van der Waals surface area contributed by atoms with E-state index in [1.54, 1.807) is 0 Å². The molecule has 1 atom stereocenters. The predicted molar refractivity (Wildman–Crippen MR) is 104 cm³/mol. The molecular weight excluding hydrogens is 326 g/mol. The van der Waals surface area contributed by atoms with E-state index in [9.17, 15) is 0 Å². The van der Waals surface area contributed by atoms with E-state index in [1.165, 1.54) is 12.4 Å². The number of rotatable bonds is 5. The van der Waals surface area contributed by atoms with Crippen molar-refractivity contribution >= 4 is 23.3 Å². The van der Waals surface area contributed by atoms with E-state index < -0.39 is 0 Å². The molecule has 0 amide bonds. The second kappa shape index (κ2) is 6.97. The number of nitrogens with two attached hydrogens (primary N) is 1. The van der Waals surface area contributed by atoms with Crippen molar-refractivity contribution in [3.8, 4) is 11.4 Å². The van der Waals surface area contributed by atoms with Crippen LogP contribution in [-0.2, 0) is 0 Å². The maximum atomic E-state index is 7.50. The quantitative estimate of drug-likeness (QED) is 0.529. The highest BCUT2D eigenvalue weighted by atomic mass is 15.1. The molecule has 0 saturated carbocycles. The highest BCUT2D eigenvalue weighted by molar-refractivity contribution is 6.08. The third-order valence-electron chi connectivity index (χ3n) is 4.60. The molecule has 0 spiro atoms. The summed E-state index contributed by atoms with van der Waals surface area (Å²) in [5.74, 6) is 0.865. The normalized spacial score (nSPS) is 17.5. The number of nitrogens with one attached hydrogen (secondary N) is 3. The van der Waals surface area contributed by atoms with Crippen LogP contribution in [0.2, 0.25) is 0 Å². The maximum absolute atomic E-state index is 7.50. The smallest absolute Gasteiger partial charge is 0.137 e. The topological polar surface area (TPSA) is 104 Å². The molecule has 4 heterocycles. The van der Waals surface area contributed by atoms with Gasteiger partial charge in [-0.05, 0) is 37.2 Å². The van der Waals surface area contributed by atoms with Gasteiger partial charge in [0.25, 0.3) is 0 Å². The highest BCUT2D eigenvalue weighted by Crippen LogP contribution is 2.23. The SMILES string of the molecule is N=C/C(=C\N)c1ccc2ncc(-c3cccc(N[C@H]4CCNC4)n3)n2c1. The number of pyridine rings is 2. The van der Waals surface area contributed by atoms with Gasteiger partial charge in [-0.2, -0.15) is 0 Å². The van der Waals surface area contributed by atoms with Gasteiger partial charge in [-0.25, -0.2) is 9.97 Å². The van der Waals surface area contributed by atoms with Crippen molar-refractivity contribution in [3.05, 3.63) is 54.5 Å². The first-order valence-electron chi connectivity index (χ1n) is 8.63. The van der Waals surface area contributed by atoms with Crippen LogP contribution in [0.25, 0.3) is 22.6 Å². The van der Waals surface area contributed by atoms with E-state index in [0.717, 1.165) is 47.9 Å². The Hall–Kier alpha value is -3.19. The van der Waals surface area contributed by atoms with Gasteiger partial charge >= 0.3 is 0 Å². The Kier molecular flexibility index (Phi) is 4.37. The number of anilines is 1. The van der Waals surface area contributed by atoms with E-state index in [2.05, 4.69) is 15.6 Å². The van der Waals surface area contributed by atoms with Crippen LogP contribution in [0.1, 0.15) is 12.0 Å². The van der Waals surface area contributed by atoms with E-state index in [-0.39, 0.29) is 0 Å². The van der Waals surface area contributed by atoms with Crippen molar-refractivity contribution in [2.75, 3.05) is 18.4 Å². The summed E-state index contributed by atoms with van der Waals surface area (Å²) in [7, 11) is 0. The van der Waals surface area contributed by atoms with E-state index in [1.807, 2.05) is 47.1 Å². The van der Waals surface area contributed by atoms with Crippen LogP contribution >= 0.6 is 0 Å². The molecule has 26 heavy (non-hydrogen) atoms. The van der Waals surface area contributed by atoms with Gasteiger partial charge < -0.3 is 21.8 Å². The van der Waals surface area contributed by atoms with Gasteiger partial charge in [0.1, 0.15) is 11.5 Å². The second-order valence-corrected chi connectivity index (χ2v) is 6.30. The third kappa shape index (κ3) is 3.04. The van der Waals surface area contributed by atoms with Gasteiger partial charge in [-0.15, -0.1) is 0 Å². The van der Waals surface area contributed by atoms with Crippen molar-refractivity contribution in [2.45, 2.75) is 12.5 Å². The van der Waals surface area contributed by atoms with Crippen LogP contribution in [0.5, 0.6) is 0 Å². The molecule has 1 saturated heterocycles. The Morgan fingerprint density at radius 3 is 3.04 bits per heavy atom. The first kappa shape index (κ1) is 16.3. The standard InChI is InChI=1S/C19H21N7/c20-8-14(9-21)13-4-5-19-23-11-17(26(19)12-13)16-2-1-3-18(25-16)24-15-6-7-22-10-15/h1-5,8-9,11-12,15,20,22H,6-7,10,21H2,(H,24,25)/b14-9+,20-8?/t15-/m0/s1. The largest absolute Gasteiger partial charge is 0.404 e. The fraction of sp³-hybridized carbons (Fsp3) is 0.211. The van der Waals surface area contributed by atoms with Crippen molar-refractivity contribution in [3.63, 3.8) is 0 Å². The molecular formula is C19H21N7. The number of allylic oxidation sites excluding steroid dienone is 1. The van der Waals surface area contributed by atoms with Crippen LogP contribution in [0, 0.1) is 5.41 Å². The van der Waals surface area contributed by atoms with Crippen molar-refractivity contribution in [2.24, 2.45) is 5.73 Å². The minimum absolute atomic E-state index is 0.413. The van der Waals surface area contributed by atoms with Crippen molar-refractivity contribution < 1.29 is 0 Å². The molecule has 132 valence electrons. The monoisotopic (exact) mass is 347 g/mol. The molecule has 1 aliphatic rings. The van der Waals surface area contributed by atoms with Crippen LogP contribution in [0.15, 0.2) is 48.9 Å². The average Bonchev–Trinajstić information content (AvgIpc) is 3.32. The van der Waals surface area contributed by atoms with E-state index in [0.29, 0.717) is 11.6 Å². The first-order chi connectivity index (χ1) is 12.8. The lowest BCUT2D eigenvalue weighted by Gasteiger charge is -2.13. The Balaban J connectivity index is 1.71. The molecule has 0 aromatic carbocycles. The van der Waals surface area contributed by atoms with Crippen molar-refractivity contribution in [1.29, 1.82) is 5.41 Å². The van der Waals surface area contributed by atoms with Crippen LogP contribution in [0.4, 0.5) is 5.82 Å². The van der Waals surface area contributed by atoms with Crippen LogP contribution in [-0.4, -0.2) is 39.7 Å². The first-order valence-corrected chi connectivity index (χ1v) is 8.63. The molecule has 0 unspecified atom stereocenters. The molecule has 0 bridgehead atoms. The minimum atomic E-state index is 0.413. The number of aromatic nitrogens is 3. The van der Waals surface area contributed by atoms with Gasteiger partial charge in [-0.3, -0.25) is 4.40 Å². The fourth-order valence-corrected chi connectivity index (χ4v) is 3.21. The lowest BCUT2D eigenvalue weighted by Crippen LogP contribution is -2.22. The highest BCUT2D eigenvalue weighted by Gasteiger charge is 2.15. The summed E-state index contributed by atoms with van der Waals surface area (Å²) < 4.78 is 1.98. The zero-order valence-electron chi connectivity index (χ0n) is 14.3. The van der Waals surface area contributed by atoms with Crippen LogP contribution < -0.4 is 16.4 Å². The summed E-state index contributed by atoms with van der Waals surface area (Å²) in [5, 5.41) is 14.3. The Morgan fingerprint density at radius 1 is 1.35 bits per heavy atom. The summed E-state index contributed by atoms with van der Waals surface area (Å²) in [4.78, 5) is 9.22. The Bertz CT molecular complexity index is 967. The molecule has 1 fully saturated rings. The summed E-state index contributed by atoms with van der Waals surface area (Å²) in [6.07, 6.45) is 7.53. The fourth-order valence-electron chi connectivity index (χ4n) is 3.21. The number of fused-ring (bicyclic) bond motifs is 1. The molecule has 4 rings (SSSR count). The third-order valence-corrected chi connectivity index (χ3v) is 4.60. The summed E-state index contributed by atoms with van der Waals surface area (Å²) in [5.41, 5.74) is 9.71. The molecule has 3 aromatic heterocycles. The number of hydrogen-bond donors (Lipinski definition) is 4. The van der Waals surface area contributed by atoms with Gasteiger partial charge in [0, 0.05) is 42.3 Å². The van der Waals surface area contributed by atoms with Gasteiger partial charge in [0.05, 0.1) is 17.6 Å². The minimum Gasteiger partial charge on any atom is -0.404 e. The second-order valence-electron chi connectivity index (χ2n) is 6.30. The Morgan fingerprint density at radius 2 is 2.27 bits per heavy atom. The lowest BCUT2D eigenvalue weighted by atomic mass is 10.1. The van der Waals surface area contributed by atoms with E-state index >= 15 is 0 Å². The molecule has 3 aromatic rings. The van der Waals surface area contributed by atoms with Gasteiger partial charge in [0.2, 0.25) is 0 Å². The molecule has 0 aliphatic carbocycles. The predicted octanol–water partition coefficient (Wildman–Crippen LogP) is 2.12. The molecule has 0 radical (unpaired) electrons. The van der Waals surface area contributed by atoms with Crippen molar-refractivity contribution in [1.82, 2.24) is 19.7 Å². The zero-order valence-corrected chi connectivity index (χ0v) is 14.3. The number of nitrogens with zero attached hydrogens (tertiary/aromatic N) is 3. The summed E-state index contributed by atoms with van der Waals surface area (Å²) in [6, 6.07) is 10.2. The zero-order chi connectivity index (χ0) is 17.9. The molecule has 7 nitrogen and oxygen atoms in total. The number of imidazole rings is 1. The van der Waals surface area contributed by atoms with Gasteiger partial charge in [-0.1, -0.05) is 6.07 Å². The average molecular weight is 347 g/mol.